The number of hydrogen-bond acceptors (Lipinski definition) is 6. The van der Waals surface area contributed by atoms with Crippen molar-refractivity contribution in [2.45, 2.75) is 27.7 Å². The molecule has 0 spiro atoms. The second-order valence-corrected chi connectivity index (χ2v) is 12.2. The number of ketones is 1. The number of hydrogen-bond donors (Lipinski definition) is 1. The second-order valence-electron chi connectivity index (χ2n) is 12.2. The van der Waals surface area contributed by atoms with Crippen LogP contribution in [0.1, 0.15) is 27.7 Å². The Bertz CT molecular complexity index is 2110. The molecule has 15 heteroatoms. The summed E-state index contributed by atoms with van der Waals surface area (Å²) in [5.41, 5.74) is 10.5. The second kappa shape index (κ2) is 29.5. The number of nitrogens with zero attached hydrogens (tertiary/aromatic N) is 6. The molecule has 0 atom stereocenters. The molecule has 61 heavy (non-hydrogen) atoms. The molecule has 318 valence electrons. The van der Waals surface area contributed by atoms with Gasteiger partial charge in [-0.05, 0) is 76.2 Å². The van der Waals surface area contributed by atoms with Crippen molar-refractivity contribution in [3.63, 3.8) is 0 Å². The molecule has 0 fully saturated rings. The molecule has 4 aromatic heterocycles. The van der Waals surface area contributed by atoms with Crippen LogP contribution in [0.3, 0.4) is 0 Å². The summed E-state index contributed by atoms with van der Waals surface area (Å²) in [4.78, 5) is 18.7. The van der Waals surface area contributed by atoms with E-state index in [2.05, 4.69) is 58.5 Å². The number of aliphatic hydroxyl groups is 1. The molecule has 0 aliphatic heterocycles. The number of benzene rings is 3. The number of carbonyl (C=O) groups excluding carboxylic acids is 1. The van der Waals surface area contributed by atoms with Crippen molar-refractivity contribution in [3.05, 3.63) is 176 Å². The van der Waals surface area contributed by atoms with Gasteiger partial charge in [0.05, 0.1) is 47.1 Å². The normalized spacial score (nSPS) is 10.5. The number of pyridine rings is 2. The van der Waals surface area contributed by atoms with Gasteiger partial charge < -0.3 is 5.11 Å². The maximum Gasteiger partial charge on any atom is 0.155 e. The van der Waals surface area contributed by atoms with E-state index in [0.717, 1.165) is 61.9 Å². The van der Waals surface area contributed by atoms with Crippen LogP contribution in [0.5, 0.6) is 0 Å². The summed E-state index contributed by atoms with van der Waals surface area (Å²) < 4.78 is 45.5. The van der Waals surface area contributed by atoms with Gasteiger partial charge in [0.25, 0.3) is 0 Å². The first kappa shape index (κ1) is 52.3. The number of allylic oxidation sites excluding steroid dienone is 2. The first-order valence-corrected chi connectivity index (χ1v) is 18.0. The molecule has 8 nitrogen and oxygen atoms in total. The van der Waals surface area contributed by atoms with Crippen molar-refractivity contribution in [1.82, 2.24) is 19.3 Å². The van der Waals surface area contributed by atoms with Crippen LogP contribution in [0.15, 0.2) is 186 Å². The molecule has 7 aromatic rings. The van der Waals surface area contributed by atoms with E-state index in [9.17, 15) is 9.18 Å². The number of alkyl halides is 1. The summed E-state index contributed by atoms with van der Waals surface area (Å²) in [5.74, 6) is -0.0625. The van der Waals surface area contributed by atoms with Crippen LogP contribution < -0.4 is 5.46 Å². The van der Waals surface area contributed by atoms with Crippen LogP contribution in [0.25, 0.3) is 45.0 Å². The van der Waals surface area contributed by atoms with Gasteiger partial charge in [0.1, 0.15) is 7.85 Å². The van der Waals surface area contributed by atoms with Crippen molar-refractivity contribution in [2.75, 3.05) is 7.18 Å². The minimum absolute atomic E-state index is 0. The molecule has 0 saturated carbocycles. The Morgan fingerprint density at radius 3 is 1.10 bits per heavy atom. The summed E-state index contributed by atoms with van der Waals surface area (Å²) in [5, 5.41) is 18.6. The van der Waals surface area contributed by atoms with Crippen molar-refractivity contribution in [1.29, 1.82) is 0 Å². The molecule has 0 aliphatic carbocycles. The van der Waals surface area contributed by atoms with Crippen LogP contribution in [0.4, 0.5) is 22.7 Å². The SMILES string of the molecule is CC(=Nn1c(-c2ccccc2)ccc1-c1ccccc1)C(C)=Nn1c(-c2cccnc2)ccc1-c1cccnc1.CC(=O)C=C(C)O.CF.FF.FF.[B]c1ccccc1.[Ni]. The molecular weight excluding hydrogens is 833 g/mol. The topological polar surface area (TPSA) is 97.7 Å². The van der Waals surface area contributed by atoms with E-state index < -0.39 is 0 Å². The first-order valence-electron chi connectivity index (χ1n) is 18.0. The van der Waals surface area contributed by atoms with E-state index in [1.165, 1.54) is 19.9 Å². The predicted octanol–water partition coefficient (Wildman–Crippen LogP) is 11.7. The molecule has 0 amide bonds. The Morgan fingerprint density at radius 2 is 0.852 bits per heavy atom. The third-order valence-electron chi connectivity index (χ3n) is 8.00. The fraction of sp³-hybridized carbons (Fsp3) is 0.109. The number of aliphatic hydroxyl groups excluding tert-OH is 1. The van der Waals surface area contributed by atoms with Gasteiger partial charge in [0.2, 0.25) is 0 Å². The molecule has 1 N–H and O–H groups in total. The van der Waals surface area contributed by atoms with Crippen LogP contribution in [0.2, 0.25) is 0 Å². The van der Waals surface area contributed by atoms with E-state index in [4.69, 9.17) is 41.5 Å². The maximum atomic E-state index is 10.0. The standard InChI is InChI=1S/C34H28N6.C6H5B.C5H8O2.CH3F.2F2.Ni/c1-25(37-39-31(27-11-5-3-6-12-27)17-18-32(39)28-13-7-4-8-14-28)26(2)38-40-33(29-15-9-21-35-23-29)19-20-34(40)30-16-10-22-36-24-30;7-6-4-2-1-3-5-6;1-4(6)3-5(2)7;3*1-2;/h3-24H,1-2H3;1-5H;3,6H,1-2H3;1H3;;;. The Hall–Kier alpha value is -6.72. The Morgan fingerprint density at radius 1 is 0.541 bits per heavy atom. The average Bonchev–Trinajstić information content (AvgIpc) is 3.91. The molecule has 0 saturated heterocycles. The third kappa shape index (κ3) is 16.8. The molecule has 7 rings (SSSR count). The Labute approximate surface area is 363 Å². The van der Waals surface area contributed by atoms with E-state index in [1.54, 1.807) is 12.4 Å². The monoisotopic (exact) mass is 876 g/mol. The zero-order valence-corrected chi connectivity index (χ0v) is 35.0. The molecular formula is C46H44BF5N6NiO2. The fourth-order valence-electron chi connectivity index (χ4n) is 5.39. The molecule has 0 unspecified atom stereocenters. The zero-order valence-electron chi connectivity index (χ0n) is 34.0. The first-order chi connectivity index (χ1) is 29.2. The van der Waals surface area contributed by atoms with E-state index in [1.807, 2.05) is 127 Å². The van der Waals surface area contributed by atoms with Gasteiger partial charge in [0.15, 0.2) is 5.78 Å². The third-order valence-corrected chi connectivity index (χ3v) is 8.00. The summed E-state index contributed by atoms with van der Waals surface area (Å²) in [6.07, 6.45) is 8.41. The average molecular weight is 877 g/mol. The van der Waals surface area contributed by atoms with Gasteiger partial charge in [-0.1, -0.05) is 96.5 Å². The minimum atomic E-state index is -0.125. The van der Waals surface area contributed by atoms with E-state index in [0.29, 0.717) is 7.18 Å². The summed E-state index contributed by atoms with van der Waals surface area (Å²) in [6, 6.07) is 46.4. The number of aromatic nitrogens is 4. The quantitative estimate of drug-likeness (QED) is 0.0540. The molecule has 3 aromatic carbocycles. The Kier molecular flexibility index (Phi) is 25.3. The van der Waals surface area contributed by atoms with Gasteiger partial charge in [-0.15, -0.1) is 0 Å². The van der Waals surface area contributed by atoms with Crippen LogP contribution in [-0.2, 0) is 21.3 Å². The maximum absolute atomic E-state index is 10.0. The Balaban J connectivity index is 0.000000743. The van der Waals surface area contributed by atoms with Crippen molar-refractivity contribution in [2.24, 2.45) is 10.2 Å². The van der Waals surface area contributed by atoms with Gasteiger partial charge in [-0.25, -0.2) is 9.35 Å². The molecule has 4 heterocycles. The smallest absolute Gasteiger partial charge is 0.155 e. The van der Waals surface area contributed by atoms with Crippen molar-refractivity contribution in [3.8, 4) is 45.0 Å². The largest absolute Gasteiger partial charge is 0.512 e. The van der Waals surface area contributed by atoms with Crippen LogP contribution >= 0.6 is 0 Å². The van der Waals surface area contributed by atoms with Crippen molar-refractivity contribution < 1.29 is 49.1 Å². The zero-order chi connectivity index (χ0) is 44.3. The molecule has 2 radical (unpaired) electrons. The van der Waals surface area contributed by atoms with Gasteiger partial charge in [-0.2, -0.15) is 10.2 Å². The predicted molar refractivity (Wildman–Crippen MR) is 234 cm³/mol. The number of carbonyl (C=O) groups is 1. The molecule has 0 aliphatic rings. The van der Waals surface area contributed by atoms with Gasteiger partial charge >= 0.3 is 0 Å². The van der Waals surface area contributed by atoms with Crippen LogP contribution in [0, 0.1) is 0 Å². The molecule has 0 bridgehead atoms. The summed E-state index contributed by atoms with van der Waals surface area (Å²) in [6.45, 7) is 6.84. The van der Waals surface area contributed by atoms with E-state index in [-0.39, 0.29) is 28.0 Å². The fourth-order valence-corrected chi connectivity index (χ4v) is 5.39. The summed E-state index contributed by atoms with van der Waals surface area (Å²) in [7, 11) is 5.86. The van der Waals surface area contributed by atoms with Crippen molar-refractivity contribution >= 4 is 30.5 Å². The minimum Gasteiger partial charge on any atom is -0.512 e. The summed E-state index contributed by atoms with van der Waals surface area (Å²) >= 11 is 0. The van der Waals surface area contributed by atoms with Gasteiger partial charge in [0, 0.05) is 87.9 Å². The number of halogens is 5. The van der Waals surface area contributed by atoms with Crippen LogP contribution in [-0.4, -0.2) is 56.7 Å². The van der Waals surface area contributed by atoms with E-state index >= 15 is 0 Å². The number of rotatable bonds is 8. The van der Waals surface area contributed by atoms with Gasteiger partial charge in [-0.3, -0.25) is 19.2 Å².